The first-order valence-corrected chi connectivity index (χ1v) is 4.86. The summed E-state index contributed by atoms with van der Waals surface area (Å²) in [7, 11) is 0. The normalized spacial score (nSPS) is 32.7. The van der Waals surface area contributed by atoms with E-state index in [0.29, 0.717) is 0 Å². The van der Waals surface area contributed by atoms with Crippen molar-refractivity contribution in [1.29, 1.82) is 0 Å². The minimum absolute atomic E-state index is 0.00694. The van der Waals surface area contributed by atoms with E-state index >= 15 is 0 Å². The Morgan fingerprint density at radius 1 is 1.36 bits per heavy atom. The molecule has 0 saturated heterocycles. The molecule has 1 fully saturated rings. The van der Waals surface area contributed by atoms with Crippen LogP contribution in [-0.4, -0.2) is 11.2 Å². The Hall–Kier alpha value is -0.0400. The Balaban J connectivity index is 2.23. The molecule has 2 unspecified atom stereocenters. The van der Waals surface area contributed by atoms with Gasteiger partial charge in [-0.2, -0.15) is 0 Å². The van der Waals surface area contributed by atoms with Gasteiger partial charge in [-0.1, -0.05) is 26.7 Å². The van der Waals surface area contributed by atoms with Crippen LogP contribution in [0.1, 0.15) is 46.0 Å². The number of hydrogen-bond acceptors (Lipinski definition) is 1. The standard InChI is InChI=1S/C10H20O/c1-8(2)6-9-4-3-5-10(11)7-9/h8-11H,3-7H2,1-2H3. The van der Waals surface area contributed by atoms with Crippen molar-refractivity contribution >= 4 is 0 Å². The maximum Gasteiger partial charge on any atom is 0.0542 e. The van der Waals surface area contributed by atoms with Gasteiger partial charge < -0.3 is 5.11 Å². The van der Waals surface area contributed by atoms with Crippen LogP contribution in [0.5, 0.6) is 0 Å². The molecule has 0 aromatic carbocycles. The first kappa shape index (κ1) is 9.05. The van der Waals surface area contributed by atoms with Gasteiger partial charge >= 0.3 is 0 Å². The number of aliphatic hydroxyl groups excluding tert-OH is 1. The average molecular weight is 156 g/mol. The second-order valence-corrected chi connectivity index (χ2v) is 4.32. The first-order valence-electron chi connectivity index (χ1n) is 4.86. The highest BCUT2D eigenvalue weighted by molar-refractivity contribution is 4.72. The molecule has 0 aromatic heterocycles. The summed E-state index contributed by atoms with van der Waals surface area (Å²) in [6.07, 6.45) is 5.98. The zero-order chi connectivity index (χ0) is 8.27. The summed E-state index contributed by atoms with van der Waals surface area (Å²) in [6, 6.07) is 0. The van der Waals surface area contributed by atoms with Crippen LogP contribution in [-0.2, 0) is 0 Å². The van der Waals surface area contributed by atoms with E-state index in [0.717, 1.165) is 24.7 Å². The molecule has 1 rings (SSSR count). The average Bonchev–Trinajstić information content (AvgIpc) is 1.85. The fourth-order valence-electron chi connectivity index (χ4n) is 2.14. The lowest BCUT2D eigenvalue weighted by Gasteiger charge is -2.26. The van der Waals surface area contributed by atoms with Gasteiger partial charge in [0, 0.05) is 0 Å². The Labute approximate surface area is 69.8 Å². The third-order valence-electron chi connectivity index (χ3n) is 2.56. The van der Waals surface area contributed by atoms with Crippen molar-refractivity contribution in [3.8, 4) is 0 Å². The van der Waals surface area contributed by atoms with Crippen molar-refractivity contribution < 1.29 is 5.11 Å². The van der Waals surface area contributed by atoms with Crippen LogP contribution >= 0.6 is 0 Å². The molecule has 1 aliphatic carbocycles. The monoisotopic (exact) mass is 156 g/mol. The quantitative estimate of drug-likeness (QED) is 0.651. The Bertz CT molecular complexity index is 107. The molecule has 0 bridgehead atoms. The smallest absolute Gasteiger partial charge is 0.0542 e. The van der Waals surface area contributed by atoms with Crippen molar-refractivity contribution in [1.82, 2.24) is 0 Å². The van der Waals surface area contributed by atoms with Crippen molar-refractivity contribution in [3.05, 3.63) is 0 Å². The second-order valence-electron chi connectivity index (χ2n) is 4.32. The van der Waals surface area contributed by atoms with Crippen LogP contribution in [0.3, 0.4) is 0 Å². The van der Waals surface area contributed by atoms with Gasteiger partial charge in [-0.15, -0.1) is 0 Å². The minimum Gasteiger partial charge on any atom is -0.393 e. The first-order chi connectivity index (χ1) is 5.18. The molecule has 66 valence electrons. The summed E-state index contributed by atoms with van der Waals surface area (Å²) < 4.78 is 0. The lowest BCUT2D eigenvalue weighted by Crippen LogP contribution is -2.20. The molecule has 11 heavy (non-hydrogen) atoms. The van der Waals surface area contributed by atoms with Gasteiger partial charge in [-0.25, -0.2) is 0 Å². The van der Waals surface area contributed by atoms with Crippen LogP contribution < -0.4 is 0 Å². The highest BCUT2D eigenvalue weighted by Gasteiger charge is 2.20. The van der Waals surface area contributed by atoms with Crippen LogP contribution in [0.25, 0.3) is 0 Å². The lowest BCUT2D eigenvalue weighted by molar-refractivity contribution is 0.0941. The van der Waals surface area contributed by atoms with E-state index in [1.165, 1.54) is 19.3 Å². The molecule has 0 amide bonds. The zero-order valence-corrected chi connectivity index (χ0v) is 7.71. The lowest BCUT2D eigenvalue weighted by atomic mass is 9.82. The molecule has 1 N–H and O–H groups in total. The third-order valence-corrected chi connectivity index (χ3v) is 2.56. The summed E-state index contributed by atoms with van der Waals surface area (Å²) in [5, 5.41) is 9.39. The molecule has 2 atom stereocenters. The Morgan fingerprint density at radius 2 is 2.09 bits per heavy atom. The van der Waals surface area contributed by atoms with Crippen LogP contribution in [0.15, 0.2) is 0 Å². The molecule has 1 heteroatoms. The second kappa shape index (κ2) is 4.10. The molecule has 1 aliphatic rings. The maximum absolute atomic E-state index is 9.39. The van der Waals surface area contributed by atoms with E-state index in [9.17, 15) is 5.11 Å². The molecule has 0 spiro atoms. The van der Waals surface area contributed by atoms with Crippen molar-refractivity contribution in [2.75, 3.05) is 0 Å². The highest BCUT2D eigenvalue weighted by atomic mass is 16.3. The topological polar surface area (TPSA) is 20.2 Å². The Kier molecular flexibility index (Phi) is 3.38. The van der Waals surface area contributed by atoms with Crippen molar-refractivity contribution in [2.24, 2.45) is 11.8 Å². The van der Waals surface area contributed by atoms with Crippen molar-refractivity contribution in [3.63, 3.8) is 0 Å². The summed E-state index contributed by atoms with van der Waals surface area (Å²) in [5.74, 6) is 1.60. The van der Waals surface area contributed by atoms with Crippen LogP contribution in [0.4, 0.5) is 0 Å². The van der Waals surface area contributed by atoms with Gasteiger partial charge in [-0.05, 0) is 31.1 Å². The third kappa shape index (κ3) is 3.24. The van der Waals surface area contributed by atoms with E-state index in [1.807, 2.05) is 0 Å². The van der Waals surface area contributed by atoms with E-state index in [2.05, 4.69) is 13.8 Å². The summed E-state index contributed by atoms with van der Waals surface area (Å²) in [5.41, 5.74) is 0. The summed E-state index contributed by atoms with van der Waals surface area (Å²) >= 11 is 0. The van der Waals surface area contributed by atoms with Crippen LogP contribution in [0, 0.1) is 11.8 Å². The van der Waals surface area contributed by atoms with Gasteiger partial charge in [0.1, 0.15) is 0 Å². The zero-order valence-electron chi connectivity index (χ0n) is 7.71. The number of rotatable bonds is 2. The number of hydrogen-bond donors (Lipinski definition) is 1. The maximum atomic E-state index is 9.39. The summed E-state index contributed by atoms with van der Waals surface area (Å²) in [6.45, 7) is 4.53. The summed E-state index contributed by atoms with van der Waals surface area (Å²) in [4.78, 5) is 0. The largest absolute Gasteiger partial charge is 0.393 e. The molecule has 0 aliphatic heterocycles. The van der Waals surface area contributed by atoms with Gasteiger partial charge in [0.15, 0.2) is 0 Å². The van der Waals surface area contributed by atoms with E-state index in [1.54, 1.807) is 0 Å². The Morgan fingerprint density at radius 3 is 2.64 bits per heavy atom. The minimum atomic E-state index is 0.00694. The molecular weight excluding hydrogens is 136 g/mol. The van der Waals surface area contributed by atoms with E-state index < -0.39 is 0 Å². The van der Waals surface area contributed by atoms with Gasteiger partial charge in [0.2, 0.25) is 0 Å². The van der Waals surface area contributed by atoms with Gasteiger partial charge in [0.05, 0.1) is 6.10 Å². The molecule has 1 saturated carbocycles. The van der Waals surface area contributed by atoms with E-state index in [-0.39, 0.29) is 6.10 Å². The molecule has 0 radical (unpaired) electrons. The molecular formula is C10H20O. The molecule has 0 heterocycles. The fourth-order valence-corrected chi connectivity index (χ4v) is 2.14. The predicted octanol–water partition coefficient (Wildman–Crippen LogP) is 2.58. The van der Waals surface area contributed by atoms with Crippen LogP contribution in [0.2, 0.25) is 0 Å². The van der Waals surface area contributed by atoms with Gasteiger partial charge in [0.25, 0.3) is 0 Å². The molecule has 1 nitrogen and oxygen atoms in total. The number of aliphatic hydroxyl groups is 1. The highest BCUT2D eigenvalue weighted by Crippen LogP contribution is 2.28. The molecule has 0 aromatic rings. The SMILES string of the molecule is CC(C)CC1CCCC(O)C1. The van der Waals surface area contributed by atoms with Gasteiger partial charge in [-0.3, -0.25) is 0 Å². The van der Waals surface area contributed by atoms with E-state index in [4.69, 9.17) is 0 Å². The fraction of sp³-hybridized carbons (Fsp3) is 1.00. The van der Waals surface area contributed by atoms with Crippen molar-refractivity contribution in [2.45, 2.75) is 52.1 Å². The predicted molar refractivity (Wildman–Crippen MR) is 47.4 cm³/mol.